The fraction of sp³-hybridized carbons (Fsp3) is 0.600. The lowest BCUT2D eigenvalue weighted by molar-refractivity contribution is -0.120. The van der Waals surface area contributed by atoms with E-state index in [4.69, 9.17) is 19.9 Å². The highest BCUT2D eigenvalue weighted by Gasteiger charge is 2.33. The molecule has 2 aliphatic rings. The number of hydrogen-bond donors (Lipinski definition) is 4. The number of hydrogen-bond acceptors (Lipinski definition) is 11. The summed E-state index contributed by atoms with van der Waals surface area (Å²) in [6, 6.07) is 0. The number of allylic oxidation sites excluding steroid dienone is 4. The van der Waals surface area contributed by atoms with Crippen molar-refractivity contribution < 1.29 is 38.5 Å². The number of likely N-dealkylation sites (N-methyl/N-ethyl adjacent to an activating group) is 1. The van der Waals surface area contributed by atoms with Crippen LogP contribution in [-0.4, -0.2) is 125 Å². The van der Waals surface area contributed by atoms with E-state index < -0.39 is 53.9 Å². The molecular formula is C35H57N5O8. The molecule has 0 spiro atoms. The van der Waals surface area contributed by atoms with Gasteiger partial charge in [-0.15, -0.1) is 0 Å². The van der Waals surface area contributed by atoms with Crippen molar-refractivity contribution in [3.8, 4) is 0 Å². The molecule has 0 aromatic rings. The number of rotatable bonds is 7. The topological polar surface area (TPSA) is 173 Å². The molecule has 2 rings (SSSR count). The van der Waals surface area contributed by atoms with Gasteiger partial charge in [-0.25, -0.2) is 4.79 Å². The smallest absolute Gasteiger partial charge is 0.405 e. The predicted octanol–water partition coefficient (Wildman–Crippen LogP) is 2.09. The van der Waals surface area contributed by atoms with Crippen LogP contribution in [0.15, 0.2) is 58.5 Å². The summed E-state index contributed by atoms with van der Waals surface area (Å²) in [5.74, 6) is -2.06. The van der Waals surface area contributed by atoms with E-state index in [1.54, 1.807) is 32.1 Å². The number of carbonyl (C=O) groups is 4. The number of nitrogens with one attached hydrogen (secondary N) is 2. The van der Waals surface area contributed by atoms with Crippen LogP contribution in [-0.2, 0) is 28.6 Å². The van der Waals surface area contributed by atoms with E-state index in [9.17, 15) is 24.3 Å². The Morgan fingerprint density at radius 3 is 2.25 bits per heavy atom. The molecule has 0 unspecified atom stereocenters. The van der Waals surface area contributed by atoms with Crippen LogP contribution in [0.5, 0.6) is 0 Å². The van der Waals surface area contributed by atoms with Crippen LogP contribution in [0.3, 0.4) is 0 Å². The molecule has 1 aliphatic heterocycles. The van der Waals surface area contributed by atoms with E-state index in [2.05, 4.69) is 10.6 Å². The van der Waals surface area contributed by atoms with E-state index >= 15 is 0 Å². The van der Waals surface area contributed by atoms with Crippen molar-refractivity contribution in [2.24, 2.45) is 17.6 Å². The molecule has 1 aliphatic carbocycles. The summed E-state index contributed by atoms with van der Waals surface area (Å²) >= 11 is 0. The van der Waals surface area contributed by atoms with Crippen LogP contribution in [0.2, 0.25) is 0 Å². The summed E-state index contributed by atoms with van der Waals surface area (Å²) < 4.78 is 16.6. The SMILES string of the molecule is CN(C)C.CO[C@H]1/C=C\C=C(\C)C(=O)NC2=CC(=O)C(NCCN(C)C)=C(C[C@H](C)C[C@@H](OC)[C@H](O)[C@H](C)/C=C(/C)[C@@H]1OC(N)=O)C2=O. The molecule has 13 nitrogen and oxygen atoms in total. The minimum atomic E-state index is -0.997. The fourth-order valence-corrected chi connectivity index (χ4v) is 5.18. The number of Topliss-reactive ketones (excluding diaryl/α,β-unsaturated/α-hetero) is 1. The van der Waals surface area contributed by atoms with Gasteiger partial charge in [0.15, 0.2) is 6.10 Å². The Kier molecular flexibility index (Phi) is 18.3. The molecule has 48 heavy (non-hydrogen) atoms. The van der Waals surface area contributed by atoms with Gasteiger partial charge in [0.1, 0.15) is 6.10 Å². The molecule has 5 N–H and O–H groups in total. The first-order chi connectivity index (χ1) is 22.4. The normalized spacial score (nSPS) is 29.1. The monoisotopic (exact) mass is 675 g/mol. The summed E-state index contributed by atoms with van der Waals surface area (Å²) in [5, 5.41) is 17.0. The minimum absolute atomic E-state index is 0.114. The summed E-state index contributed by atoms with van der Waals surface area (Å²) in [7, 11) is 12.7. The third-order valence-corrected chi connectivity index (χ3v) is 7.65. The summed E-state index contributed by atoms with van der Waals surface area (Å²) in [6.45, 7) is 8.09. The Hall–Kier alpha value is -3.62. The first kappa shape index (κ1) is 42.4. The van der Waals surface area contributed by atoms with Crippen LogP contribution in [0.4, 0.5) is 4.79 Å². The molecule has 1 heterocycles. The molecular weight excluding hydrogens is 618 g/mol. The van der Waals surface area contributed by atoms with E-state index in [0.717, 1.165) is 6.08 Å². The van der Waals surface area contributed by atoms with Gasteiger partial charge in [0.2, 0.25) is 11.6 Å². The first-order valence-corrected chi connectivity index (χ1v) is 16.0. The molecule has 6 atom stereocenters. The third kappa shape index (κ3) is 13.9. The van der Waals surface area contributed by atoms with Crippen LogP contribution in [0.25, 0.3) is 0 Å². The number of amides is 2. The largest absolute Gasteiger partial charge is 0.439 e. The summed E-state index contributed by atoms with van der Waals surface area (Å²) in [5.41, 5.74) is 6.55. The highest BCUT2D eigenvalue weighted by Crippen LogP contribution is 2.28. The van der Waals surface area contributed by atoms with Gasteiger partial charge in [-0.05, 0) is 73.4 Å². The number of primary amides is 1. The van der Waals surface area contributed by atoms with Gasteiger partial charge >= 0.3 is 6.09 Å². The van der Waals surface area contributed by atoms with Crippen LogP contribution < -0.4 is 16.4 Å². The van der Waals surface area contributed by atoms with Crippen molar-refractivity contribution in [1.82, 2.24) is 20.4 Å². The maximum absolute atomic E-state index is 13.7. The molecule has 0 fully saturated rings. The quantitative estimate of drug-likeness (QED) is 0.230. The summed E-state index contributed by atoms with van der Waals surface area (Å²) in [6.07, 6.45) is 3.88. The van der Waals surface area contributed by atoms with Gasteiger partial charge in [-0.2, -0.15) is 0 Å². The number of nitrogens with two attached hydrogens (primary N) is 1. The van der Waals surface area contributed by atoms with Gasteiger partial charge in [-0.1, -0.05) is 38.2 Å². The van der Waals surface area contributed by atoms with Crippen molar-refractivity contribution in [3.05, 3.63) is 58.5 Å². The molecule has 0 aromatic carbocycles. The number of methoxy groups -OCH3 is 2. The zero-order chi connectivity index (χ0) is 36.7. The third-order valence-electron chi connectivity index (χ3n) is 7.65. The molecule has 270 valence electrons. The maximum atomic E-state index is 13.7. The predicted molar refractivity (Wildman–Crippen MR) is 186 cm³/mol. The van der Waals surface area contributed by atoms with Gasteiger partial charge in [0, 0.05) is 50.4 Å². The molecule has 0 aromatic heterocycles. The average Bonchev–Trinajstić information content (AvgIpc) is 2.99. The Morgan fingerprint density at radius 1 is 1.08 bits per heavy atom. The van der Waals surface area contributed by atoms with Crippen LogP contribution in [0.1, 0.15) is 40.5 Å². The van der Waals surface area contributed by atoms with Crippen molar-refractivity contribution >= 4 is 23.6 Å². The van der Waals surface area contributed by atoms with Crippen molar-refractivity contribution in [1.29, 1.82) is 0 Å². The number of carbonyl (C=O) groups excluding carboxylic acids is 4. The average molecular weight is 676 g/mol. The Labute approximate surface area is 285 Å². The number of fused-ring (bicyclic) bond motifs is 2. The van der Waals surface area contributed by atoms with Crippen molar-refractivity contribution in [2.45, 2.75) is 65.0 Å². The minimum Gasteiger partial charge on any atom is -0.439 e. The molecule has 2 bridgehead atoms. The first-order valence-electron chi connectivity index (χ1n) is 16.0. The standard InChI is InChI=1S/C32H48N4O8.C3H9N/c1-18-14-22-27(34-12-13-36(5)6)24(37)17-23(29(22)39)35-31(40)19(2)10-9-11-25(42-7)30(44-32(33)41)21(4)16-20(3)28(38)26(15-18)43-8;1-4(2)3/h9-11,16-18,20,25-26,28,30,34,38H,12-15H2,1-8H3,(H2,33,41)(H,35,40);1-3H3/b11-9-,19-10-,21-16-;/t18-,20+,25-,26+,28+,30-;/m0./s1. The van der Waals surface area contributed by atoms with Gasteiger partial charge in [0.25, 0.3) is 5.91 Å². The van der Waals surface area contributed by atoms with Crippen molar-refractivity contribution in [2.75, 3.05) is 62.5 Å². The second kappa shape index (κ2) is 20.7. The highest BCUT2D eigenvalue weighted by molar-refractivity contribution is 6.23. The lowest BCUT2D eigenvalue weighted by atomic mass is 9.85. The molecule has 0 radical (unpaired) electrons. The van der Waals surface area contributed by atoms with E-state index in [0.29, 0.717) is 25.1 Å². The Bertz CT molecular complexity index is 1280. The Balaban J connectivity index is 0.00000272. The highest BCUT2D eigenvalue weighted by atomic mass is 16.6. The molecule has 13 heteroatoms. The number of ether oxygens (including phenoxy) is 3. The van der Waals surface area contributed by atoms with Gasteiger partial charge < -0.3 is 45.5 Å². The number of aliphatic hydroxyl groups excluding tert-OH is 1. The van der Waals surface area contributed by atoms with Crippen molar-refractivity contribution in [3.63, 3.8) is 0 Å². The fourth-order valence-electron chi connectivity index (χ4n) is 5.18. The zero-order valence-electron chi connectivity index (χ0n) is 30.5. The maximum Gasteiger partial charge on any atom is 0.405 e. The van der Waals surface area contributed by atoms with E-state index in [1.165, 1.54) is 20.3 Å². The van der Waals surface area contributed by atoms with E-state index in [1.807, 2.05) is 58.9 Å². The van der Waals surface area contributed by atoms with Crippen LogP contribution in [0, 0.1) is 11.8 Å². The lowest BCUT2D eigenvalue weighted by Crippen LogP contribution is -2.38. The Morgan fingerprint density at radius 2 is 1.71 bits per heavy atom. The van der Waals surface area contributed by atoms with Gasteiger partial charge in [-0.3, -0.25) is 14.4 Å². The second-order valence-corrected chi connectivity index (χ2v) is 13.0. The number of nitrogens with zero attached hydrogens (tertiary/aromatic N) is 2. The molecule has 0 saturated carbocycles. The molecule has 0 saturated heterocycles. The number of aliphatic hydroxyl groups is 1. The number of ketones is 2. The summed E-state index contributed by atoms with van der Waals surface area (Å²) in [4.78, 5) is 55.7. The lowest BCUT2D eigenvalue weighted by Gasteiger charge is -2.30. The molecule has 2 amide bonds. The van der Waals surface area contributed by atoms with Crippen LogP contribution >= 0.6 is 0 Å². The van der Waals surface area contributed by atoms with Gasteiger partial charge in [0.05, 0.1) is 23.6 Å². The zero-order valence-corrected chi connectivity index (χ0v) is 30.5. The van der Waals surface area contributed by atoms with E-state index in [-0.39, 0.29) is 34.9 Å². The second-order valence-electron chi connectivity index (χ2n) is 13.0.